The van der Waals surface area contributed by atoms with Crippen molar-refractivity contribution in [3.8, 4) is 5.75 Å². The summed E-state index contributed by atoms with van der Waals surface area (Å²) in [6.07, 6.45) is -4.97. The summed E-state index contributed by atoms with van der Waals surface area (Å²) in [6.45, 7) is 4.42. The number of carbonyl (C=O) groups excluding carboxylic acids is 1. The second kappa shape index (κ2) is 8.89. The third-order valence-electron chi connectivity index (χ3n) is 3.56. The number of nitrogens with zero attached hydrogens (tertiary/aromatic N) is 3. The summed E-state index contributed by atoms with van der Waals surface area (Å²) in [6, 6.07) is 3.38. The van der Waals surface area contributed by atoms with E-state index in [1.54, 1.807) is 11.4 Å². The first-order valence-corrected chi connectivity index (χ1v) is 8.49. The molecule has 0 radical (unpaired) electrons. The first-order chi connectivity index (χ1) is 14.3. The average molecular weight is 446 g/mol. The smallest absolute Gasteiger partial charge is 0.465 e. The van der Waals surface area contributed by atoms with Crippen LogP contribution < -0.4 is 26.0 Å². The molecule has 3 rings (SSSR count). The molecule has 0 atom stereocenters. The van der Waals surface area contributed by atoms with Gasteiger partial charge in [-0.3, -0.25) is 10.2 Å². The van der Waals surface area contributed by atoms with E-state index in [4.69, 9.17) is 10.8 Å². The molecule has 3 amide bonds. The molecule has 1 fully saturated rings. The number of benzene rings is 1. The van der Waals surface area contributed by atoms with Crippen molar-refractivity contribution in [1.82, 2.24) is 15.3 Å². The Bertz CT molecular complexity index is 970. The lowest BCUT2D eigenvalue weighted by atomic mass is 10.1. The van der Waals surface area contributed by atoms with Crippen LogP contribution in [0.1, 0.15) is 13.8 Å². The SMILES string of the molecule is CC1(C)CN(c2nccc(N)n2)C(=O)N1.O=C(O)Nc1cc(OC(F)(F)F)ccc1F. The molecule has 1 aliphatic rings. The summed E-state index contributed by atoms with van der Waals surface area (Å²) in [5.41, 5.74) is 4.65. The maximum atomic E-state index is 12.9. The van der Waals surface area contributed by atoms with Crippen LogP contribution in [0.4, 0.5) is 44.6 Å². The molecular weight excluding hydrogens is 428 g/mol. The number of carbonyl (C=O) groups is 2. The lowest BCUT2D eigenvalue weighted by Crippen LogP contribution is -2.36. The number of halogens is 4. The van der Waals surface area contributed by atoms with E-state index in [2.05, 4.69) is 20.0 Å². The van der Waals surface area contributed by atoms with Gasteiger partial charge in [0.1, 0.15) is 17.4 Å². The highest BCUT2D eigenvalue weighted by molar-refractivity contribution is 5.93. The number of nitrogen functional groups attached to an aromatic ring is 1. The second-order valence-corrected chi connectivity index (χ2v) is 6.80. The molecule has 0 spiro atoms. The number of hydrogen-bond donors (Lipinski definition) is 4. The monoisotopic (exact) mass is 446 g/mol. The summed E-state index contributed by atoms with van der Waals surface area (Å²) in [7, 11) is 0. The fraction of sp³-hybridized carbons (Fsp3) is 0.294. The maximum Gasteiger partial charge on any atom is 0.573 e. The van der Waals surface area contributed by atoms with Gasteiger partial charge >= 0.3 is 18.5 Å². The molecule has 0 bridgehead atoms. The quantitative estimate of drug-likeness (QED) is 0.530. The number of nitrogens with two attached hydrogens (primary N) is 1. The van der Waals surface area contributed by atoms with E-state index in [1.807, 2.05) is 13.8 Å². The molecule has 14 heteroatoms. The Morgan fingerprint density at radius 1 is 1.35 bits per heavy atom. The van der Waals surface area contributed by atoms with Crippen LogP contribution in [0.3, 0.4) is 0 Å². The van der Waals surface area contributed by atoms with E-state index in [9.17, 15) is 27.2 Å². The number of urea groups is 1. The van der Waals surface area contributed by atoms with Crippen LogP contribution in [-0.4, -0.2) is 45.6 Å². The van der Waals surface area contributed by atoms with E-state index in [0.29, 0.717) is 30.4 Å². The zero-order valence-electron chi connectivity index (χ0n) is 16.2. The Balaban J connectivity index is 0.000000220. The van der Waals surface area contributed by atoms with Gasteiger partial charge in [-0.15, -0.1) is 13.2 Å². The van der Waals surface area contributed by atoms with E-state index in [0.717, 1.165) is 6.07 Å². The molecule has 0 aliphatic carbocycles. The van der Waals surface area contributed by atoms with Gasteiger partial charge in [-0.05, 0) is 32.0 Å². The second-order valence-electron chi connectivity index (χ2n) is 6.80. The molecule has 1 aromatic carbocycles. The predicted octanol–water partition coefficient (Wildman–Crippen LogP) is 3.18. The Kier molecular flexibility index (Phi) is 6.72. The lowest BCUT2D eigenvalue weighted by molar-refractivity contribution is -0.274. The highest BCUT2D eigenvalue weighted by Crippen LogP contribution is 2.27. The fourth-order valence-corrected chi connectivity index (χ4v) is 2.43. The first kappa shape index (κ1) is 23.4. The molecule has 0 saturated carbocycles. The van der Waals surface area contributed by atoms with Crippen molar-refractivity contribution in [1.29, 1.82) is 0 Å². The average Bonchev–Trinajstić information content (AvgIpc) is 2.89. The van der Waals surface area contributed by atoms with Gasteiger partial charge in [0.2, 0.25) is 5.95 Å². The number of aromatic nitrogens is 2. The van der Waals surface area contributed by atoms with Crippen molar-refractivity contribution in [2.75, 3.05) is 22.5 Å². The van der Waals surface area contributed by atoms with Crippen molar-refractivity contribution in [2.45, 2.75) is 25.7 Å². The molecule has 31 heavy (non-hydrogen) atoms. The van der Waals surface area contributed by atoms with Crippen LogP contribution in [0.25, 0.3) is 0 Å². The largest absolute Gasteiger partial charge is 0.573 e. The van der Waals surface area contributed by atoms with Gasteiger partial charge in [-0.1, -0.05) is 0 Å². The number of rotatable bonds is 3. The fourth-order valence-electron chi connectivity index (χ4n) is 2.43. The van der Waals surface area contributed by atoms with Crippen molar-refractivity contribution in [3.63, 3.8) is 0 Å². The molecule has 0 unspecified atom stereocenters. The number of alkyl halides is 3. The number of anilines is 3. The van der Waals surface area contributed by atoms with Crippen LogP contribution in [0, 0.1) is 5.82 Å². The minimum Gasteiger partial charge on any atom is -0.465 e. The zero-order valence-corrected chi connectivity index (χ0v) is 16.2. The van der Waals surface area contributed by atoms with E-state index in [1.165, 1.54) is 11.1 Å². The van der Waals surface area contributed by atoms with E-state index < -0.39 is 29.7 Å². The van der Waals surface area contributed by atoms with E-state index >= 15 is 0 Å². The maximum absolute atomic E-state index is 12.9. The Hall–Kier alpha value is -3.84. The predicted molar refractivity (Wildman–Crippen MR) is 101 cm³/mol. The summed E-state index contributed by atoms with van der Waals surface area (Å²) < 4.78 is 51.7. The number of amides is 3. The number of hydrogen-bond acceptors (Lipinski definition) is 6. The summed E-state index contributed by atoms with van der Waals surface area (Å²) >= 11 is 0. The van der Waals surface area contributed by atoms with Gasteiger partial charge in [-0.25, -0.2) is 19.0 Å². The Labute approximate surface area is 173 Å². The molecule has 1 aromatic heterocycles. The van der Waals surface area contributed by atoms with Crippen LogP contribution in [0.15, 0.2) is 30.5 Å². The van der Waals surface area contributed by atoms with Crippen molar-refractivity contribution >= 4 is 29.6 Å². The number of ether oxygens (including phenoxy) is 1. The van der Waals surface area contributed by atoms with Crippen molar-refractivity contribution in [2.24, 2.45) is 0 Å². The normalized spacial score (nSPS) is 14.9. The highest BCUT2D eigenvalue weighted by atomic mass is 19.4. The van der Waals surface area contributed by atoms with Crippen LogP contribution in [0.5, 0.6) is 5.75 Å². The number of nitrogens with one attached hydrogen (secondary N) is 2. The molecule has 10 nitrogen and oxygen atoms in total. The molecule has 168 valence electrons. The van der Waals surface area contributed by atoms with Crippen molar-refractivity contribution < 1.29 is 37.0 Å². The standard InChI is InChI=1S/C9H13N5O.C8H5F4NO3/c1-9(2)5-14(8(15)13-9)7-11-4-3-6(10)12-7;9-5-2-1-4(16-8(10,11)12)3-6(5)13-7(14)15/h3-4H,5H2,1-2H3,(H,13,15)(H2,10,11,12);1-3,13H,(H,14,15). The van der Waals surface area contributed by atoms with Gasteiger partial charge in [-0.2, -0.15) is 4.98 Å². The Morgan fingerprint density at radius 2 is 2.03 bits per heavy atom. The van der Waals surface area contributed by atoms with E-state index in [-0.39, 0.29) is 11.6 Å². The third-order valence-corrected chi connectivity index (χ3v) is 3.56. The van der Waals surface area contributed by atoms with Gasteiger partial charge in [0.25, 0.3) is 0 Å². The summed E-state index contributed by atoms with van der Waals surface area (Å²) in [5.74, 6) is -1.01. The van der Waals surface area contributed by atoms with Crippen LogP contribution in [-0.2, 0) is 0 Å². The zero-order chi connectivity index (χ0) is 23.4. The van der Waals surface area contributed by atoms with Crippen LogP contribution in [0.2, 0.25) is 0 Å². The van der Waals surface area contributed by atoms with Crippen LogP contribution >= 0.6 is 0 Å². The van der Waals surface area contributed by atoms with Gasteiger partial charge in [0, 0.05) is 12.3 Å². The first-order valence-electron chi connectivity index (χ1n) is 8.49. The highest BCUT2D eigenvalue weighted by Gasteiger charge is 2.37. The number of carboxylic acid groups (broad SMARTS) is 1. The molecule has 5 N–H and O–H groups in total. The molecule has 1 aliphatic heterocycles. The Morgan fingerprint density at radius 3 is 2.55 bits per heavy atom. The topological polar surface area (TPSA) is 143 Å². The minimum atomic E-state index is -4.92. The lowest BCUT2D eigenvalue weighted by Gasteiger charge is -2.16. The molecule has 2 heterocycles. The third kappa shape index (κ3) is 7.17. The van der Waals surface area contributed by atoms with Crippen molar-refractivity contribution in [3.05, 3.63) is 36.3 Å². The summed E-state index contributed by atoms with van der Waals surface area (Å²) in [4.78, 5) is 31.3. The molecule has 2 aromatic rings. The van der Waals surface area contributed by atoms with Gasteiger partial charge < -0.3 is 20.9 Å². The van der Waals surface area contributed by atoms with Gasteiger partial charge in [0.15, 0.2) is 0 Å². The summed E-state index contributed by atoms with van der Waals surface area (Å²) in [5, 5.41) is 12.7. The minimum absolute atomic E-state index is 0.189. The van der Waals surface area contributed by atoms with Gasteiger partial charge in [0.05, 0.1) is 17.8 Å². The molecular formula is C17H18F4N6O4. The molecule has 1 saturated heterocycles.